The minimum absolute atomic E-state index is 0.227. The molecule has 0 aliphatic rings. The molecule has 1 aromatic heterocycles. The fourth-order valence-corrected chi connectivity index (χ4v) is 1.82. The maximum absolute atomic E-state index is 11.9. The molecule has 0 saturated heterocycles. The molecule has 0 saturated carbocycles. The van der Waals surface area contributed by atoms with Gasteiger partial charge in [0.25, 0.3) is 5.91 Å². The highest BCUT2D eigenvalue weighted by atomic mass is 16.5. The van der Waals surface area contributed by atoms with E-state index >= 15 is 0 Å². The first-order chi connectivity index (χ1) is 11.1. The molecule has 7 heteroatoms. The molecule has 0 radical (unpaired) electrons. The lowest BCUT2D eigenvalue weighted by Gasteiger charge is -2.10. The largest absolute Gasteiger partial charge is 0.497 e. The molecule has 1 aromatic carbocycles. The summed E-state index contributed by atoms with van der Waals surface area (Å²) < 4.78 is 5.11. The van der Waals surface area contributed by atoms with E-state index in [9.17, 15) is 4.79 Å². The summed E-state index contributed by atoms with van der Waals surface area (Å²) in [7, 11) is 5.52. The van der Waals surface area contributed by atoms with Crippen LogP contribution >= 0.6 is 0 Å². The normalized spacial score (nSPS) is 10.4. The fraction of sp³-hybridized carbons (Fsp3) is 0.312. The van der Waals surface area contributed by atoms with Crippen molar-refractivity contribution in [2.24, 2.45) is 0 Å². The van der Waals surface area contributed by atoms with Crippen LogP contribution in [0.5, 0.6) is 5.75 Å². The van der Waals surface area contributed by atoms with Gasteiger partial charge in [0, 0.05) is 18.8 Å². The van der Waals surface area contributed by atoms with Crippen LogP contribution in [0.25, 0.3) is 0 Å². The number of carbonyl (C=O) groups is 1. The number of aromatic nitrogens is 2. The smallest absolute Gasteiger partial charge is 0.271 e. The van der Waals surface area contributed by atoms with Crippen molar-refractivity contribution in [2.75, 3.05) is 39.6 Å². The summed E-state index contributed by atoms with van der Waals surface area (Å²) in [5.41, 5.74) is 1.16. The third-order valence-corrected chi connectivity index (χ3v) is 3.09. The first-order valence-electron chi connectivity index (χ1n) is 7.24. The summed E-state index contributed by atoms with van der Waals surface area (Å²) in [6.07, 6.45) is 2.99. The molecule has 0 fully saturated rings. The van der Waals surface area contributed by atoms with Crippen molar-refractivity contribution in [3.63, 3.8) is 0 Å². The predicted molar refractivity (Wildman–Crippen MR) is 89.2 cm³/mol. The second-order valence-corrected chi connectivity index (χ2v) is 5.20. The van der Waals surface area contributed by atoms with Crippen LogP contribution in [-0.2, 0) is 0 Å². The molecule has 0 unspecified atom stereocenters. The maximum atomic E-state index is 11.9. The van der Waals surface area contributed by atoms with Crippen LogP contribution in [0.4, 0.5) is 11.5 Å². The summed E-state index contributed by atoms with van der Waals surface area (Å²) in [5.74, 6) is 1.13. The van der Waals surface area contributed by atoms with E-state index in [2.05, 4.69) is 20.6 Å². The van der Waals surface area contributed by atoms with Crippen LogP contribution in [0.2, 0.25) is 0 Å². The lowest BCUT2D eigenvalue weighted by atomic mass is 10.3. The Morgan fingerprint density at radius 3 is 2.48 bits per heavy atom. The zero-order valence-corrected chi connectivity index (χ0v) is 13.5. The Morgan fingerprint density at radius 2 is 1.91 bits per heavy atom. The molecule has 2 N–H and O–H groups in total. The van der Waals surface area contributed by atoms with Gasteiger partial charge in [-0.05, 0) is 38.4 Å². The van der Waals surface area contributed by atoms with E-state index < -0.39 is 0 Å². The molecule has 0 spiro atoms. The van der Waals surface area contributed by atoms with E-state index in [0.717, 1.165) is 18.0 Å². The number of nitrogens with one attached hydrogen (secondary N) is 2. The number of benzene rings is 1. The van der Waals surface area contributed by atoms with Gasteiger partial charge in [-0.3, -0.25) is 4.79 Å². The van der Waals surface area contributed by atoms with Gasteiger partial charge in [-0.25, -0.2) is 9.97 Å². The predicted octanol–water partition coefficient (Wildman–Crippen LogP) is 1.52. The maximum Gasteiger partial charge on any atom is 0.271 e. The van der Waals surface area contributed by atoms with Gasteiger partial charge < -0.3 is 20.3 Å². The topological polar surface area (TPSA) is 79.4 Å². The van der Waals surface area contributed by atoms with Gasteiger partial charge in [0.2, 0.25) is 0 Å². The minimum Gasteiger partial charge on any atom is -0.497 e. The van der Waals surface area contributed by atoms with Gasteiger partial charge >= 0.3 is 0 Å². The SMILES string of the molecule is COc1ccc(Nc2cnc(C(=O)NCCN(C)C)cn2)cc1. The second kappa shape index (κ2) is 8.09. The van der Waals surface area contributed by atoms with Crippen LogP contribution in [-0.4, -0.2) is 55.1 Å². The highest BCUT2D eigenvalue weighted by Gasteiger charge is 2.07. The average Bonchev–Trinajstić information content (AvgIpc) is 2.56. The number of methoxy groups -OCH3 is 1. The third-order valence-electron chi connectivity index (χ3n) is 3.09. The monoisotopic (exact) mass is 315 g/mol. The summed E-state index contributed by atoms with van der Waals surface area (Å²) >= 11 is 0. The lowest BCUT2D eigenvalue weighted by molar-refractivity contribution is 0.0945. The first kappa shape index (κ1) is 16.7. The van der Waals surface area contributed by atoms with Gasteiger partial charge in [0.15, 0.2) is 0 Å². The number of hydrogen-bond donors (Lipinski definition) is 2. The van der Waals surface area contributed by atoms with E-state index in [0.29, 0.717) is 18.1 Å². The summed E-state index contributed by atoms with van der Waals surface area (Å²) in [6, 6.07) is 7.45. The van der Waals surface area contributed by atoms with Crippen molar-refractivity contribution >= 4 is 17.4 Å². The molecule has 7 nitrogen and oxygen atoms in total. The fourth-order valence-electron chi connectivity index (χ4n) is 1.82. The number of hydrogen-bond acceptors (Lipinski definition) is 6. The number of carbonyl (C=O) groups excluding carboxylic acids is 1. The number of anilines is 2. The van der Waals surface area contributed by atoms with Gasteiger partial charge in [0.1, 0.15) is 17.3 Å². The van der Waals surface area contributed by atoms with Crippen molar-refractivity contribution < 1.29 is 9.53 Å². The van der Waals surface area contributed by atoms with E-state index in [1.54, 1.807) is 7.11 Å². The van der Waals surface area contributed by atoms with Crippen LogP contribution in [0.3, 0.4) is 0 Å². The van der Waals surface area contributed by atoms with Crippen LogP contribution in [0, 0.1) is 0 Å². The third kappa shape index (κ3) is 5.23. The molecule has 0 aliphatic carbocycles. The molecule has 122 valence electrons. The second-order valence-electron chi connectivity index (χ2n) is 5.20. The van der Waals surface area contributed by atoms with E-state index in [4.69, 9.17) is 4.74 Å². The molecule has 1 amide bonds. The summed E-state index contributed by atoms with van der Waals surface area (Å²) in [4.78, 5) is 22.2. The van der Waals surface area contributed by atoms with Gasteiger partial charge in [0.05, 0.1) is 19.5 Å². The Kier molecular flexibility index (Phi) is 5.87. The number of rotatable bonds is 7. The molecule has 0 atom stereocenters. The van der Waals surface area contributed by atoms with Gasteiger partial charge in [-0.2, -0.15) is 0 Å². The molecular formula is C16H21N5O2. The summed E-state index contributed by atoms with van der Waals surface area (Å²) in [5, 5.41) is 5.91. The molecular weight excluding hydrogens is 294 g/mol. The highest BCUT2D eigenvalue weighted by Crippen LogP contribution is 2.18. The standard InChI is InChI=1S/C16H21N5O2/c1-21(2)9-8-17-16(22)14-10-19-15(11-18-14)20-12-4-6-13(23-3)7-5-12/h4-7,10-11H,8-9H2,1-3H3,(H,17,22)(H,19,20). The molecule has 2 aromatic rings. The van der Waals surface area contributed by atoms with Gasteiger partial charge in [-0.15, -0.1) is 0 Å². The average molecular weight is 315 g/mol. The van der Waals surface area contributed by atoms with Crippen LogP contribution in [0.15, 0.2) is 36.7 Å². The zero-order chi connectivity index (χ0) is 16.7. The Labute approximate surface area is 135 Å². The Morgan fingerprint density at radius 1 is 1.17 bits per heavy atom. The zero-order valence-electron chi connectivity index (χ0n) is 13.5. The first-order valence-corrected chi connectivity index (χ1v) is 7.24. The van der Waals surface area contributed by atoms with Crippen molar-refractivity contribution in [3.8, 4) is 5.75 Å². The van der Waals surface area contributed by atoms with E-state index in [-0.39, 0.29) is 5.91 Å². The number of amides is 1. The molecule has 2 rings (SSSR count). The Bertz CT molecular complexity index is 626. The quantitative estimate of drug-likeness (QED) is 0.806. The molecule has 0 aliphatic heterocycles. The Hall–Kier alpha value is -2.67. The van der Waals surface area contributed by atoms with E-state index in [1.807, 2.05) is 43.3 Å². The minimum atomic E-state index is -0.227. The van der Waals surface area contributed by atoms with Crippen molar-refractivity contribution in [3.05, 3.63) is 42.4 Å². The number of nitrogens with zero attached hydrogens (tertiary/aromatic N) is 3. The Balaban J connectivity index is 1.91. The number of ether oxygens (including phenoxy) is 1. The van der Waals surface area contributed by atoms with Crippen LogP contribution in [0.1, 0.15) is 10.5 Å². The highest BCUT2D eigenvalue weighted by molar-refractivity contribution is 5.92. The molecule has 23 heavy (non-hydrogen) atoms. The van der Waals surface area contributed by atoms with Crippen LogP contribution < -0.4 is 15.4 Å². The van der Waals surface area contributed by atoms with Crippen molar-refractivity contribution in [2.45, 2.75) is 0 Å². The summed E-state index contributed by atoms with van der Waals surface area (Å²) in [6.45, 7) is 1.34. The lowest BCUT2D eigenvalue weighted by Crippen LogP contribution is -2.31. The molecule has 0 bridgehead atoms. The number of likely N-dealkylation sites (N-methyl/N-ethyl adjacent to an activating group) is 1. The van der Waals surface area contributed by atoms with Gasteiger partial charge in [-0.1, -0.05) is 0 Å². The van der Waals surface area contributed by atoms with Crippen molar-refractivity contribution in [1.29, 1.82) is 0 Å². The van der Waals surface area contributed by atoms with E-state index in [1.165, 1.54) is 12.4 Å². The van der Waals surface area contributed by atoms with Crippen molar-refractivity contribution in [1.82, 2.24) is 20.2 Å². The molecule has 1 heterocycles.